The largest absolute Gasteiger partial charge is 0.491 e. The molecule has 0 N–H and O–H groups in total. The standard InChI is InChI=1S/C29H46N2O/c1-3-5-6-7-8-9-21-32-29-20-19-27(31-28(29)22-30)26-17-15-25(16-18-26)24-13-11-23(10-4-2)12-14-24/h19-20,23-26H,3-18,21H2,1-2H3. The van der Waals surface area contributed by atoms with Crippen molar-refractivity contribution in [2.75, 3.05) is 6.61 Å². The van der Waals surface area contributed by atoms with E-state index in [0.29, 0.717) is 24.0 Å². The third-order valence-corrected chi connectivity index (χ3v) is 8.19. The summed E-state index contributed by atoms with van der Waals surface area (Å²) >= 11 is 0. The van der Waals surface area contributed by atoms with E-state index in [0.717, 1.165) is 29.9 Å². The molecule has 32 heavy (non-hydrogen) atoms. The molecule has 1 heterocycles. The number of ether oxygens (including phenoxy) is 1. The molecule has 0 aromatic carbocycles. The van der Waals surface area contributed by atoms with Gasteiger partial charge in [0.1, 0.15) is 6.07 Å². The first kappa shape index (κ1) is 25.1. The van der Waals surface area contributed by atoms with Crippen LogP contribution in [-0.4, -0.2) is 11.6 Å². The molecule has 2 saturated carbocycles. The van der Waals surface area contributed by atoms with Gasteiger partial charge in [0.15, 0.2) is 11.4 Å². The lowest BCUT2D eigenvalue weighted by Crippen LogP contribution is -2.25. The normalized spacial score (nSPS) is 25.9. The Balaban J connectivity index is 1.43. The summed E-state index contributed by atoms with van der Waals surface area (Å²) in [6, 6.07) is 6.41. The summed E-state index contributed by atoms with van der Waals surface area (Å²) in [5.74, 6) is 4.07. The fourth-order valence-electron chi connectivity index (χ4n) is 6.19. The molecule has 0 bridgehead atoms. The molecule has 2 fully saturated rings. The van der Waals surface area contributed by atoms with Gasteiger partial charge in [0.05, 0.1) is 6.61 Å². The molecule has 178 valence electrons. The third-order valence-electron chi connectivity index (χ3n) is 8.19. The smallest absolute Gasteiger partial charge is 0.182 e. The van der Waals surface area contributed by atoms with Gasteiger partial charge in [-0.25, -0.2) is 4.98 Å². The van der Waals surface area contributed by atoms with Crippen LogP contribution >= 0.6 is 0 Å². The lowest BCUT2D eigenvalue weighted by molar-refractivity contribution is 0.156. The van der Waals surface area contributed by atoms with E-state index < -0.39 is 0 Å². The van der Waals surface area contributed by atoms with Gasteiger partial charge < -0.3 is 4.74 Å². The third kappa shape index (κ3) is 7.50. The maximum atomic E-state index is 9.62. The Bertz CT molecular complexity index is 694. The Labute approximate surface area is 197 Å². The highest BCUT2D eigenvalue weighted by molar-refractivity contribution is 5.39. The van der Waals surface area contributed by atoms with Gasteiger partial charge in [-0.1, -0.05) is 71.6 Å². The molecular formula is C29H46N2O. The van der Waals surface area contributed by atoms with Crippen LogP contribution in [0.5, 0.6) is 5.75 Å². The van der Waals surface area contributed by atoms with Crippen LogP contribution in [0.2, 0.25) is 0 Å². The van der Waals surface area contributed by atoms with Gasteiger partial charge in [-0.15, -0.1) is 0 Å². The Kier molecular flexibility index (Phi) is 10.9. The first-order chi connectivity index (χ1) is 15.7. The maximum Gasteiger partial charge on any atom is 0.182 e. The number of nitrogens with zero attached hydrogens (tertiary/aromatic N) is 2. The average molecular weight is 439 g/mol. The van der Waals surface area contributed by atoms with E-state index in [9.17, 15) is 5.26 Å². The molecule has 0 spiro atoms. The molecule has 1 aromatic rings. The van der Waals surface area contributed by atoms with E-state index in [-0.39, 0.29) is 0 Å². The van der Waals surface area contributed by atoms with E-state index in [1.807, 2.05) is 6.07 Å². The Morgan fingerprint density at radius 3 is 2.16 bits per heavy atom. The van der Waals surface area contributed by atoms with E-state index in [2.05, 4.69) is 26.0 Å². The minimum Gasteiger partial charge on any atom is -0.491 e. The zero-order valence-corrected chi connectivity index (χ0v) is 20.8. The second-order valence-corrected chi connectivity index (χ2v) is 10.5. The fraction of sp³-hybridized carbons (Fsp3) is 0.793. The maximum absolute atomic E-state index is 9.62. The first-order valence-corrected chi connectivity index (χ1v) is 13.8. The van der Waals surface area contributed by atoms with Crippen LogP contribution in [0.25, 0.3) is 0 Å². The highest BCUT2D eigenvalue weighted by atomic mass is 16.5. The summed E-state index contributed by atoms with van der Waals surface area (Å²) in [4.78, 5) is 4.74. The molecule has 2 aliphatic carbocycles. The summed E-state index contributed by atoms with van der Waals surface area (Å²) in [5, 5.41) is 9.62. The summed E-state index contributed by atoms with van der Waals surface area (Å²) in [5.41, 5.74) is 1.59. The number of hydrogen-bond donors (Lipinski definition) is 0. The summed E-state index contributed by atoms with van der Waals surface area (Å²) < 4.78 is 5.91. The fourth-order valence-corrected chi connectivity index (χ4v) is 6.19. The van der Waals surface area contributed by atoms with E-state index >= 15 is 0 Å². The van der Waals surface area contributed by atoms with Crippen molar-refractivity contribution in [3.8, 4) is 11.8 Å². The summed E-state index contributed by atoms with van der Waals surface area (Å²) in [6.07, 6.45) is 21.2. The van der Waals surface area contributed by atoms with Crippen molar-refractivity contribution >= 4 is 0 Å². The van der Waals surface area contributed by atoms with Gasteiger partial charge in [-0.2, -0.15) is 5.26 Å². The monoisotopic (exact) mass is 438 g/mol. The minimum atomic E-state index is 0.477. The first-order valence-electron chi connectivity index (χ1n) is 13.8. The lowest BCUT2D eigenvalue weighted by atomic mass is 9.68. The number of nitriles is 1. The van der Waals surface area contributed by atoms with Crippen LogP contribution in [0.1, 0.15) is 134 Å². The molecule has 0 radical (unpaired) electrons. The Hall–Kier alpha value is -1.56. The van der Waals surface area contributed by atoms with Crippen LogP contribution < -0.4 is 4.74 Å². The average Bonchev–Trinajstić information content (AvgIpc) is 2.84. The van der Waals surface area contributed by atoms with Crippen LogP contribution in [0.3, 0.4) is 0 Å². The molecule has 3 heteroatoms. The van der Waals surface area contributed by atoms with Crippen molar-refractivity contribution in [2.45, 2.75) is 122 Å². The number of pyridine rings is 1. The van der Waals surface area contributed by atoms with Gasteiger partial charge >= 0.3 is 0 Å². The van der Waals surface area contributed by atoms with Crippen LogP contribution in [0.4, 0.5) is 0 Å². The second kappa shape index (κ2) is 13.9. The molecule has 1 aromatic heterocycles. The SMILES string of the molecule is CCCCCCCCOc1ccc(C2CCC(C3CCC(CCC)CC3)CC2)nc1C#N. The van der Waals surface area contributed by atoms with Gasteiger partial charge in [0.2, 0.25) is 0 Å². The number of unbranched alkanes of at least 4 members (excludes halogenated alkanes) is 5. The van der Waals surface area contributed by atoms with Gasteiger partial charge in [0, 0.05) is 11.6 Å². The predicted molar refractivity (Wildman–Crippen MR) is 133 cm³/mol. The molecule has 3 rings (SSSR count). The highest BCUT2D eigenvalue weighted by Crippen LogP contribution is 2.44. The molecule has 0 amide bonds. The highest BCUT2D eigenvalue weighted by Gasteiger charge is 2.31. The van der Waals surface area contributed by atoms with Gasteiger partial charge in [-0.3, -0.25) is 0 Å². The van der Waals surface area contributed by atoms with E-state index in [4.69, 9.17) is 9.72 Å². The van der Waals surface area contributed by atoms with Gasteiger partial charge in [-0.05, 0) is 74.8 Å². The Morgan fingerprint density at radius 1 is 0.844 bits per heavy atom. The second-order valence-electron chi connectivity index (χ2n) is 10.5. The molecule has 0 unspecified atom stereocenters. The number of hydrogen-bond acceptors (Lipinski definition) is 3. The van der Waals surface area contributed by atoms with Crippen LogP contribution in [0.15, 0.2) is 12.1 Å². The Morgan fingerprint density at radius 2 is 1.50 bits per heavy atom. The zero-order chi connectivity index (χ0) is 22.6. The van der Waals surface area contributed by atoms with Crippen molar-refractivity contribution < 1.29 is 4.74 Å². The lowest BCUT2D eigenvalue weighted by Gasteiger charge is -2.37. The van der Waals surface area contributed by atoms with Crippen molar-refractivity contribution in [2.24, 2.45) is 17.8 Å². The molecule has 0 atom stereocenters. The van der Waals surface area contributed by atoms with Crippen LogP contribution in [-0.2, 0) is 0 Å². The predicted octanol–water partition coefficient (Wildman–Crippen LogP) is 8.57. The van der Waals surface area contributed by atoms with Crippen molar-refractivity contribution in [3.05, 3.63) is 23.5 Å². The molecular weight excluding hydrogens is 392 g/mol. The van der Waals surface area contributed by atoms with Gasteiger partial charge in [0.25, 0.3) is 0 Å². The van der Waals surface area contributed by atoms with Crippen molar-refractivity contribution in [3.63, 3.8) is 0 Å². The van der Waals surface area contributed by atoms with E-state index in [1.165, 1.54) is 96.3 Å². The number of aromatic nitrogens is 1. The molecule has 0 saturated heterocycles. The molecule has 2 aliphatic rings. The van der Waals surface area contributed by atoms with E-state index in [1.54, 1.807) is 0 Å². The molecule has 3 nitrogen and oxygen atoms in total. The quantitative estimate of drug-likeness (QED) is 0.307. The summed E-state index contributed by atoms with van der Waals surface area (Å²) in [7, 11) is 0. The van der Waals surface area contributed by atoms with Crippen molar-refractivity contribution in [1.82, 2.24) is 4.98 Å². The molecule has 0 aliphatic heterocycles. The minimum absolute atomic E-state index is 0.477. The van der Waals surface area contributed by atoms with Crippen LogP contribution in [0, 0.1) is 29.1 Å². The topological polar surface area (TPSA) is 45.9 Å². The summed E-state index contributed by atoms with van der Waals surface area (Å²) in [6.45, 7) is 5.26. The zero-order valence-electron chi connectivity index (χ0n) is 20.8. The number of rotatable bonds is 12. The van der Waals surface area contributed by atoms with Crippen molar-refractivity contribution in [1.29, 1.82) is 5.26 Å².